The van der Waals surface area contributed by atoms with E-state index in [1.165, 1.54) is 25.7 Å². The van der Waals surface area contributed by atoms with E-state index in [0.29, 0.717) is 6.04 Å². The number of para-hydroxylation sites is 1. The van der Waals surface area contributed by atoms with Crippen molar-refractivity contribution in [2.75, 3.05) is 7.11 Å². The molecule has 1 N–H and O–H groups in total. The molecule has 2 aliphatic carbocycles. The molecule has 2 aromatic rings. The predicted molar refractivity (Wildman–Crippen MR) is 83.6 cm³/mol. The van der Waals surface area contributed by atoms with Crippen molar-refractivity contribution < 1.29 is 9.15 Å². The molecule has 0 saturated heterocycles. The van der Waals surface area contributed by atoms with Gasteiger partial charge in [0.2, 0.25) is 0 Å². The fraction of sp³-hybridized carbons (Fsp3) is 0.556. The Morgan fingerprint density at radius 3 is 2.90 bits per heavy atom. The minimum atomic E-state index is 0.256. The van der Waals surface area contributed by atoms with E-state index < -0.39 is 0 Å². The number of furan rings is 1. The second kappa shape index (κ2) is 5.06. The zero-order valence-corrected chi connectivity index (χ0v) is 12.8. The van der Waals surface area contributed by atoms with Gasteiger partial charge in [0.05, 0.1) is 13.2 Å². The Morgan fingerprint density at radius 2 is 2.19 bits per heavy atom. The maximum absolute atomic E-state index is 6.05. The molecule has 2 fully saturated rings. The highest BCUT2D eigenvalue weighted by atomic mass is 16.5. The third-order valence-electron chi connectivity index (χ3n) is 5.38. The van der Waals surface area contributed by atoms with Crippen LogP contribution in [0.2, 0.25) is 0 Å². The highest BCUT2D eigenvalue weighted by molar-refractivity contribution is 5.83. The van der Waals surface area contributed by atoms with Crippen LogP contribution in [0, 0.1) is 11.8 Å². The number of hydrogen-bond donors (Lipinski definition) is 1. The van der Waals surface area contributed by atoms with E-state index in [2.05, 4.69) is 24.4 Å². The number of rotatable bonds is 4. The summed E-state index contributed by atoms with van der Waals surface area (Å²) in [6, 6.07) is 9.11. The Kier molecular flexibility index (Phi) is 3.18. The average Bonchev–Trinajstić information content (AvgIpc) is 3.20. The molecule has 3 nitrogen and oxygen atoms in total. The van der Waals surface area contributed by atoms with Crippen LogP contribution in [-0.2, 0) is 0 Å². The normalized spacial score (nSPS) is 29.1. The highest BCUT2D eigenvalue weighted by Crippen LogP contribution is 2.45. The standard InChI is InChI=1S/C18H23NO2/c1-11(19-15-9-12-6-7-13(15)8-12)17-10-14-4-3-5-16(20-2)18(14)21-17/h3-5,10-13,15,19H,6-9H2,1-2H3. The topological polar surface area (TPSA) is 34.4 Å². The number of methoxy groups -OCH3 is 1. The van der Waals surface area contributed by atoms with E-state index in [9.17, 15) is 0 Å². The SMILES string of the molecule is COc1cccc2cc(C(C)NC3CC4CCC3C4)oc12. The molecular formula is C18H23NO2. The minimum absolute atomic E-state index is 0.256. The minimum Gasteiger partial charge on any atom is -0.493 e. The van der Waals surface area contributed by atoms with Gasteiger partial charge in [-0.25, -0.2) is 0 Å². The molecule has 112 valence electrons. The van der Waals surface area contributed by atoms with Crippen molar-refractivity contribution in [3.8, 4) is 5.75 Å². The van der Waals surface area contributed by atoms with Crippen LogP contribution in [0.4, 0.5) is 0 Å². The first-order valence-corrected chi connectivity index (χ1v) is 8.07. The van der Waals surface area contributed by atoms with Gasteiger partial charge in [0.1, 0.15) is 5.76 Å². The van der Waals surface area contributed by atoms with Crippen molar-refractivity contribution in [1.29, 1.82) is 0 Å². The van der Waals surface area contributed by atoms with Crippen LogP contribution >= 0.6 is 0 Å². The second-order valence-electron chi connectivity index (χ2n) is 6.70. The molecule has 0 radical (unpaired) electrons. The summed E-state index contributed by atoms with van der Waals surface area (Å²) in [4.78, 5) is 0. The van der Waals surface area contributed by atoms with Crippen LogP contribution in [0.5, 0.6) is 5.75 Å². The van der Waals surface area contributed by atoms with E-state index in [1.54, 1.807) is 7.11 Å². The van der Waals surface area contributed by atoms with Gasteiger partial charge in [-0.3, -0.25) is 0 Å². The molecule has 0 aliphatic heterocycles. The smallest absolute Gasteiger partial charge is 0.176 e. The maximum Gasteiger partial charge on any atom is 0.176 e. The van der Waals surface area contributed by atoms with Gasteiger partial charge in [-0.05, 0) is 50.2 Å². The molecule has 1 aromatic carbocycles. The van der Waals surface area contributed by atoms with Gasteiger partial charge >= 0.3 is 0 Å². The molecule has 0 amide bonds. The van der Waals surface area contributed by atoms with Gasteiger partial charge in [0, 0.05) is 11.4 Å². The summed E-state index contributed by atoms with van der Waals surface area (Å²) in [5, 5.41) is 4.91. The molecule has 21 heavy (non-hydrogen) atoms. The molecule has 4 rings (SSSR count). The Bertz CT molecular complexity index is 648. The Morgan fingerprint density at radius 1 is 1.29 bits per heavy atom. The summed E-state index contributed by atoms with van der Waals surface area (Å²) < 4.78 is 11.4. The molecular weight excluding hydrogens is 262 g/mol. The molecule has 0 spiro atoms. The van der Waals surface area contributed by atoms with E-state index in [1.807, 2.05) is 12.1 Å². The van der Waals surface area contributed by atoms with Gasteiger partial charge in [-0.1, -0.05) is 18.6 Å². The zero-order chi connectivity index (χ0) is 14.4. The van der Waals surface area contributed by atoms with Crippen LogP contribution in [0.3, 0.4) is 0 Å². The first-order chi connectivity index (χ1) is 10.2. The second-order valence-corrected chi connectivity index (χ2v) is 6.70. The van der Waals surface area contributed by atoms with Crippen LogP contribution in [0.15, 0.2) is 28.7 Å². The molecule has 4 unspecified atom stereocenters. The Balaban J connectivity index is 1.55. The Hall–Kier alpha value is -1.48. The Labute approximate surface area is 125 Å². The summed E-state index contributed by atoms with van der Waals surface area (Å²) in [5.74, 6) is 3.68. The van der Waals surface area contributed by atoms with E-state index in [-0.39, 0.29) is 6.04 Å². The summed E-state index contributed by atoms with van der Waals surface area (Å²) in [7, 11) is 1.69. The van der Waals surface area contributed by atoms with Crippen LogP contribution < -0.4 is 10.1 Å². The lowest BCUT2D eigenvalue weighted by Gasteiger charge is -2.25. The third kappa shape index (κ3) is 2.24. The number of benzene rings is 1. The summed E-state index contributed by atoms with van der Waals surface area (Å²) in [6.45, 7) is 2.20. The third-order valence-corrected chi connectivity index (χ3v) is 5.38. The molecule has 1 heterocycles. The van der Waals surface area contributed by atoms with Crippen LogP contribution in [0.1, 0.15) is 44.4 Å². The van der Waals surface area contributed by atoms with Crippen molar-refractivity contribution >= 4 is 11.0 Å². The predicted octanol–water partition coefficient (Wildman–Crippen LogP) is 4.28. The van der Waals surface area contributed by atoms with Gasteiger partial charge in [0.15, 0.2) is 11.3 Å². The zero-order valence-electron chi connectivity index (χ0n) is 12.8. The maximum atomic E-state index is 6.05. The van der Waals surface area contributed by atoms with Crippen molar-refractivity contribution in [1.82, 2.24) is 5.32 Å². The number of nitrogens with one attached hydrogen (secondary N) is 1. The molecule has 2 bridgehead atoms. The molecule has 2 saturated carbocycles. The fourth-order valence-electron chi connectivity index (χ4n) is 4.28. The highest BCUT2D eigenvalue weighted by Gasteiger charge is 2.40. The molecule has 4 atom stereocenters. The number of ether oxygens (including phenoxy) is 1. The first kappa shape index (κ1) is 13.2. The van der Waals surface area contributed by atoms with Gasteiger partial charge in [0.25, 0.3) is 0 Å². The lowest BCUT2D eigenvalue weighted by Crippen LogP contribution is -2.35. The van der Waals surface area contributed by atoms with Gasteiger partial charge in [-0.15, -0.1) is 0 Å². The van der Waals surface area contributed by atoms with Crippen molar-refractivity contribution in [3.63, 3.8) is 0 Å². The van der Waals surface area contributed by atoms with E-state index >= 15 is 0 Å². The van der Waals surface area contributed by atoms with Gasteiger partial charge < -0.3 is 14.5 Å². The molecule has 1 aromatic heterocycles. The summed E-state index contributed by atoms with van der Waals surface area (Å²) in [5.41, 5.74) is 0.858. The van der Waals surface area contributed by atoms with Gasteiger partial charge in [-0.2, -0.15) is 0 Å². The van der Waals surface area contributed by atoms with Crippen LogP contribution in [-0.4, -0.2) is 13.2 Å². The van der Waals surface area contributed by atoms with Crippen LogP contribution in [0.25, 0.3) is 11.0 Å². The lowest BCUT2D eigenvalue weighted by atomic mass is 9.94. The first-order valence-electron chi connectivity index (χ1n) is 8.07. The molecule has 3 heteroatoms. The van der Waals surface area contributed by atoms with Crippen molar-refractivity contribution in [2.24, 2.45) is 11.8 Å². The fourth-order valence-corrected chi connectivity index (χ4v) is 4.28. The van der Waals surface area contributed by atoms with E-state index in [4.69, 9.17) is 9.15 Å². The average molecular weight is 285 g/mol. The van der Waals surface area contributed by atoms with Crippen molar-refractivity contribution in [2.45, 2.75) is 44.7 Å². The monoisotopic (exact) mass is 285 g/mol. The lowest BCUT2D eigenvalue weighted by molar-refractivity contribution is 0.309. The van der Waals surface area contributed by atoms with E-state index in [0.717, 1.165) is 34.3 Å². The summed E-state index contributed by atoms with van der Waals surface area (Å²) in [6.07, 6.45) is 5.62. The number of fused-ring (bicyclic) bond motifs is 3. The summed E-state index contributed by atoms with van der Waals surface area (Å²) >= 11 is 0. The molecule has 2 aliphatic rings. The quantitative estimate of drug-likeness (QED) is 0.910. The number of hydrogen-bond acceptors (Lipinski definition) is 3. The largest absolute Gasteiger partial charge is 0.493 e. The van der Waals surface area contributed by atoms with Crippen molar-refractivity contribution in [3.05, 3.63) is 30.0 Å².